The molecule has 24 heteroatoms. The van der Waals surface area contributed by atoms with E-state index in [9.17, 15) is 19.2 Å². The number of ether oxygens (including phenoxy) is 6. The molecule has 4 aromatic carbocycles. The molecule has 1 aliphatic rings. The van der Waals surface area contributed by atoms with Crippen LogP contribution in [0.1, 0.15) is 112 Å². The van der Waals surface area contributed by atoms with Crippen molar-refractivity contribution in [3.63, 3.8) is 0 Å². The molecule has 82 heavy (non-hydrogen) atoms. The van der Waals surface area contributed by atoms with Crippen molar-refractivity contribution in [3.8, 4) is 23.0 Å². The van der Waals surface area contributed by atoms with E-state index in [1.165, 1.54) is 28.1 Å². The van der Waals surface area contributed by atoms with E-state index < -0.39 is 35.8 Å². The summed E-state index contributed by atoms with van der Waals surface area (Å²) in [6.45, 7) is 12.6. The number of nitrogens with two attached hydrogens (primary N) is 2. The van der Waals surface area contributed by atoms with Crippen LogP contribution in [0.3, 0.4) is 0 Å². The second-order valence-corrected chi connectivity index (χ2v) is 19.4. The van der Waals surface area contributed by atoms with Crippen molar-refractivity contribution in [2.45, 2.75) is 105 Å². The van der Waals surface area contributed by atoms with Gasteiger partial charge in [0, 0.05) is 59.3 Å². The molecule has 0 aliphatic heterocycles. The van der Waals surface area contributed by atoms with Crippen molar-refractivity contribution in [3.05, 3.63) is 105 Å². The Morgan fingerprint density at radius 2 is 0.756 bits per heavy atom. The number of carbonyl (C=O) groups excluding carboxylic acids is 4. The first-order valence-corrected chi connectivity index (χ1v) is 27.5. The highest BCUT2D eigenvalue weighted by Gasteiger charge is 2.25. The molecule has 0 spiro atoms. The number of aromatic nitrogens is 6. The molecule has 2 heterocycles. The van der Waals surface area contributed by atoms with Gasteiger partial charge in [-0.15, -0.1) is 0 Å². The third-order valence-corrected chi connectivity index (χ3v) is 12.7. The topological polar surface area (TPSA) is 325 Å². The zero-order valence-electron chi connectivity index (χ0n) is 47.7. The minimum absolute atomic E-state index is 0.0331. The van der Waals surface area contributed by atoms with Crippen LogP contribution in [0, 0.1) is 0 Å². The zero-order valence-corrected chi connectivity index (χ0v) is 47.7. The number of methoxy groups -OCH3 is 2. The molecule has 0 saturated heterocycles. The molecule has 0 saturated carbocycles. The normalized spacial score (nSPS) is 12.4. The van der Waals surface area contributed by atoms with Crippen LogP contribution in [0.25, 0.3) is 0 Å². The molecule has 6 aromatic rings. The summed E-state index contributed by atoms with van der Waals surface area (Å²) in [7, 11) is 2.49. The van der Waals surface area contributed by atoms with Crippen LogP contribution in [0.4, 0.5) is 47.1 Å². The lowest BCUT2D eigenvalue weighted by atomic mass is 9.90. The van der Waals surface area contributed by atoms with Crippen LogP contribution in [-0.2, 0) is 54.3 Å². The molecule has 8 bridgehead atoms. The van der Waals surface area contributed by atoms with Crippen LogP contribution in [0.5, 0.6) is 23.0 Å². The van der Waals surface area contributed by atoms with Crippen molar-refractivity contribution < 1.29 is 47.6 Å². The first-order valence-electron chi connectivity index (χ1n) is 27.5. The predicted molar refractivity (Wildman–Crippen MR) is 311 cm³/mol. The molecular weight excluding hydrogens is 1050 g/mol. The van der Waals surface area contributed by atoms with Crippen molar-refractivity contribution in [2.75, 3.05) is 86.5 Å². The van der Waals surface area contributed by atoms with Crippen LogP contribution in [0.15, 0.2) is 60.7 Å². The van der Waals surface area contributed by atoms with Gasteiger partial charge in [0.2, 0.25) is 47.5 Å². The van der Waals surface area contributed by atoms with Gasteiger partial charge in [-0.25, -0.2) is 9.59 Å². The Balaban J connectivity index is 1.35. The van der Waals surface area contributed by atoms with E-state index >= 15 is 0 Å². The quantitative estimate of drug-likeness (QED) is 0.0261. The number of anilines is 8. The summed E-state index contributed by atoms with van der Waals surface area (Å²) < 4.78 is 36.6. The number of carbonyl (C=O) groups is 4. The molecule has 1 aliphatic carbocycles. The largest absolute Gasteiger partial charge is 0.493 e. The molecule has 0 unspecified atom stereocenters. The molecule has 10 N–H and O–H groups in total. The van der Waals surface area contributed by atoms with Crippen LogP contribution < -0.4 is 62.3 Å². The summed E-state index contributed by atoms with van der Waals surface area (Å²) in [5, 5.41) is 17.6. The van der Waals surface area contributed by atoms with Crippen molar-refractivity contribution >= 4 is 70.8 Å². The van der Waals surface area contributed by atoms with E-state index in [0.717, 1.165) is 81.7 Å². The van der Waals surface area contributed by atoms with Gasteiger partial charge in [0.25, 0.3) is 0 Å². The maximum Gasteiger partial charge on any atom is 0.328 e. The Hall–Kier alpha value is -9.22. The number of para-hydroxylation sites is 2. The molecule has 2 aromatic heterocycles. The Kier molecular flexibility index (Phi) is 21.6. The molecule has 2 amide bonds. The van der Waals surface area contributed by atoms with Gasteiger partial charge >= 0.3 is 11.9 Å². The van der Waals surface area contributed by atoms with Crippen molar-refractivity contribution in [1.82, 2.24) is 40.5 Å². The SMILES string of the molecule is CCCOc1c2cccc1Cc1cc(Nc3nc(N)nc(NCC(=O)N[C@@H](C)C(=O)OC)n3)cc(c1OCCC)Cc1cccc(c1OCCC)Cc1cc(Nc3nc(N)nc(NCC(=O)N[C@@H](C)C(=O)OC)n3)cc(c1OCCC)C2. The van der Waals surface area contributed by atoms with Gasteiger partial charge in [-0.05, 0) is 86.1 Å². The number of hydrogen-bond donors (Lipinski definition) is 8. The number of rotatable bonds is 26. The van der Waals surface area contributed by atoms with E-state index in [0.29, 0.717) is 75.0 Å². The molecule has 2 atom stereocenters. The molecular formula is C58H74N14O10. The molecule has 0 radical (unpaired) electrons. The second-order valence-electron chi connectivity index (χ2n) is 19.4. The van der Waals surface area contributed by atoms with Crippen LogP contribution in [0.2, 0.25) is 0 Å². The van der Waals surface area contributed by atoms with E-state index in [1.807, 2.05) is 36.4 Å². The summed E-state index contributed by atoms with van der Waals surface area (Å²) in [5.74, 6) is 0.807. The lowest BCUT2D eigenvalue weighted by Crippen LogP contribution is -2.42. The second kappa shape index (κ2) is 29.3. The van der Waals surface area contributed by atoms with E-state index in [-0.39, 0.29) is 48.8 Å². The smallest absolute Gasteiger partial charge is 0.328 e. The monoisotopic (exact) mass is 1130 g/mol. The van der Waals surface area contributed by atoms with Crippen LogP contribution >= 0.6 is 0 Å². The first kappa shape index (κ1) is 60.4. The Labute approximate surface area is 477 Å². The molecule has 436 valence electrons. The number of esters is 2. The number of fused-ring (bicyclic) bond motifs is 8. The van der Waals surface area contributed by atoms with Crippen LogP contribution in [-0.4, -0.2) is 119 Å². The highest BCUT2D eigenvalue weighted by Crippen LogP contribution is 2.42. The van der Waals surface area contributed by atoms with E-state index in [2.05, 4.69) is 114 Å². The summed E-state index contributed by atoms with van der Waals surface area (Å²) in [5.41, 5.74) is 20.8. The fourth-order valence-electron chi connectivity index (χ4n) is 9.08. The standard InChI is InChI=1S/C58H74N14O10/c1-9-19-79-47-35-15-13-16-36(47)24-40-28-44(66-58-70-54(60)68-56(72-58)62-32-46(74)64-34(6)52(76)78-8)30-42(50(40)82-22-12-4)26-38-18-14-17-37(48(38)80-20-10-2)25-41-29-43(27-39(23-35)49(41)81-21-11-3)65-57-69-53(59)67-55(71-57)61-31-45(73)63-33(5)51(75)77-7/h13-18,27-30,33-34H,9-12,19-26,31-32H2,1-8H3,(H,63,73)(H,64,74)(H4,59,61,65,67,69,71)(H4,60,62,66,68,70,72)/t33-,34-/m0/s1. The van der Waals surface area contributed by atoms with Gasteiger partial charge in [-0.2, -0.15) is 29.9 Å². The summed E-state index contributed by atoms with van der Waals surface area (Å²) in [6, 6.07) is 18.6. The first-order chi connectivity index (χ1) is 39.6. The maximum absolute atomic E-state index is 12.7. The highest BCUT2D eigenvalue weighted by atomic mass is 16.5. The number of nitrogen functional groups attached to an aromatic ring is 2. The van der Waals surface area contributed by atoms with Gasteiger partial charge in [0.05, 0.1) is 53.7 Å². The van der Waals surface area contributed by atoms with Gasteiger partial charge in [-0.3, -0.25) is 9.59 Å². The number of nitrogens with one attached hydrogen (secondary N) is 6. The fraction of sp³-hybridized carbons (Fsp3) is 0.414. The maximum atomic E-state index is 12.7. The third-order valence-electron chi connectivity index (χ3n) is 12.7. The lowest BCUT2D eigenvalue weighted by molar-refractivity contribution is -0.144. The van der Waals surface area contributed by atoms with Crippen molar-refractivity contribution in [2.24, 2.45) is 0 Å². The summed E-state index contributed by atoms with van der Waals surface area (Å²) >= 11 is 0. The third kappa shape index (κ3) is 16.4. The Morgan fingerprint density at radius 3 is 1.05 bits per heavy atom. The molecule has 24 nitrogen and oxygen atoms in total. The average Bonchev–Trinajstić information content (AvgIpc) is 3.55. The van der Waals surface area contributed by atoms with Gasteiger partial charge in [0.1, 0.15) is 35.1 Å². The van der Waals surface area contributed by atoms with Crippen molar-refractivity contribution in [1.29, 1.82) is 0 Å². The zero-order chi connectivity index (χ0) is 58.7. The van der Waals surface area contributed by atoms with Gasteiger partial charge in [0.15, 0.2) is 0 Å². The van der Waals surface area contributed by atoms with Gasteiger partial charge in [-0.1, -0.05) is 64.1 Å². The van der Waals surface area contributed by atoms with Gasteiger partial charge < -0.3 is 71.8 Å². The summed E-state index contributed by atoms with van der Waals surface area (Å²) in [4.78, 5) is 75.7. The predicted octanol–water partition coefficient (Wildman–Crippen LogP) is 6.72. The molecule has 0 fully saturated rings. The minimum Gasteiger partial charge on any atom is -0.493 e. The Morgan fingerprint density at radius 1 is 0.463 bits per heavy atom. The number of amides is 2. The minimum atomic E-state index is -0.864. The Bertz CT molecular complexity index is 2920. The summed E-state index contributed by atoms with van der Waals surface area (Å²) in [6.07, 6.45) is 4.55. The van der Waals surface area contributed by atoms with E-state index in [1.54, 1.807) is 0 Å². The number of hydrogen-bond acceptors (Lipinski definition) is 22. The number of nitrogens with zero attached hydrogens (tertiary/aromatic N) is 6. The lowest BCUT2D eigenvalue weighted by Gasteiger charge is -2.24. The molecule has 7 rings (SSSR count). The highest BCUT2D eigenvalue weighted by molar-refractivity contribution is 5.87. The number of benzene rings is 4. The average molecular weight is 1130 g/mol. The fourth-order valence-corrected chi connectivity index (χ4v) is 9.08. The van der Waals surface area contributed by atoms with E-state index in [4.69, 9.17) is 39.9 Å².